The quantitative estimate of drug-likeness (QED) is 0.158. The second-order valence-electron chi connectivity index (χ2n) is 9.29. The van der Waals surface area contributed by atoms with Crippen LogP contribution in [0.5, 0.6) is 11.5 Å². The molecule has 3 N–H and O–H groups in total. The summed E-state index contributed by atoms with van der Waals surface area (Å²) in [6.45, 7) is 5.11. The van der Waals surface area contributed by atoms with E-state index in [0.717, 1.165) is 0 Å². The summed E-state index contributed by atoms with van der Waals surface area (Å²) in [7, 11) is 1.43. The number of ether oxygens (including phenoxy) is 4. The van der Waals surface area contributed by atoms with Crippen molar-refractivity contribution in [3.05, 3.63) is 82.8 Å². The van der Waals surface area contributed by atoms with Crippen LogP contribution in [0.25, 0.3) is 11.3 Å². The molecule has 2 heterocycles. The molecule has 230 valence electrons. The van der Waals surface area contributed by atoms with E-state index in [1.807, 2.05) is 0 Å². The van der Waals surface area contributed by atoms with E-state index in [9.17, 15) is 19.2 Å². The molecule has 3 aromatic rings. The highest BCUT2D eigenvalue weighted by molar-refractivity contribution is 5.95. The van der Waals surface area contributed by atoms with Gasteiger partial charge >= 0.3 is 18.0 Å². The van der Waals surface area contributed by atoms with Crippen molar-refractivity contribution in [2.24, 2.45) is 5.10 Å². The first kappa shape index (κ1) is 31.3. The molecule has 0 aliphatic carbocycles. The van der Waals surface area contributed by atoms with Crippen LogP contribution in [0, 0.1) is 0 Å². The number of nitrogens with zero attached hydrogens (tertiary/aromatic N) is 1. The molecule has 0 unspecified atom stereocenters. The number of allylic oxidation sites excluding steroid dienone is 1. The molecule has 0 fully saturated rings. The van der Waals surface area contributed by atoms with E-state index < -0.39 is 29.9 Å². The van der Waals surface area contributed by atoms with Gasteiger partial charge in [0.25, 0.3) is 5.91 Å². The van der Waals surface area contributed by atoms with Crippen LogP contribution in [-0.2, 0) is 19.1 Å². The summed E-state index contributed by atoms with van der Waals surface area (Å²) in [6, 6.07) is 13.8. The first-order valence-electron chi connectivity index (χ1n) is 13.7. The lowest BCUT2D eigenvalue weighted by molar-refractivity contribution is -0.139. The summed E-state index contributed by atoms with van der Waals surface area (Å²) in [5.74, 6) is -0.115. The summed E-state index contributed by atoms with van der Waals surface area (Å²) < 4.78 is 27.0. The predicted octanol–water partition coefficient (Wildman–Crippen LogP) is 3.85. The van der Waals surface area contributed by atoms with E-state index in [-0.39, 0.29) is 36.9 Å². The fraction of sp³-hybridized carbons (Fsp3) is 0.258. The molecule has 4 rings (SSSR count). The SMILES string of the molecule is CCOC(=O)C1=C(C)NC(=O)N[C@@H]1c1ccc(OCC(=O)N/N=C\c2ccc(-c3cccc(C(=O)OCC)c3)o2)c(OC)c1. The average molecular weight is 605 g/mol. The average Bonchev–Trinajstić information content (AvgIpc) is 3.49. The molecule has 0 saturated heterocycles. The highest BCUT2D eigenvalue weighted by Crippen LogP contribution is 2.34. The number of furan rings is 1. The number of amides is 3. The lowest BCUT2D eigenvalue weighted by atomic mass is 9.95. The Morgan fingerprint density at radius 3 is 2.52 bits per heavy atom. The van der Waals surface area contributed by atoms with Crippen LogP contribution in [0.3, 0.4) is 0 Å². The third-order valence-corrected chi connectivity index (χ3v) is 6.31. The van der Waals surface area contributed by atoms with Crippen LogP contribution in [0.2, 0.25) is 0 Å². The van der Waals surface area contributed by atoms with Gasteiger partial charge in [0.1, 0.15) is 11.5 Å². The van der Waals surface area contributed by atoms with E-state index in [1.54, 1.807) is 75.4 Å². The van der Waals surface area contributed by atoms with Gasteiger partial charge in [-0.2, -0.15) is 5.10 Å². The van der Waals surface area contributed by atoms with Crippen LogP contribution >= 0.6 is 0 Å². The number of carbonyl (C=O) groups excluding carboxylic acids is 4. The zero-order chi connectivity index (χ0) is 31.6. The number of benzene rings is 2. The van der Waals surface area contributed by atoms with Gasteiger partial charge in [-0.1, -0.05) is 18.2 Å². The smallest absolute Gasteiger partial charge is 0.338 e. The third-order valence-electron chi connectivity index (χ3n) is 6.31. The Kier molecular flexibility index (Phi) is 10.4. The number of rotatable bonds is 12. The molecule has 0 radical (unpaired) electrons. The van der Waals surface area contributed by atoms with Crippen molar-refractivity contribution in [1.29, 1.82) is 0 Å². The molecule has 2 aromatic carbocycles. The molecule has 0 saturated carbocycles. The van der Waals surface area contributed by atoms with Gasteiger partial charge in [0.15, 0.2) is 18.1 Å². The lowest BCUT2D eigenvalue weighted by Crippen LogP contribution is -2.45. The van der Waals surface area contributed by atoms with Crippen molar-refractivity contribution in [2.75, 3.05) is 26.9 Å². The van der Waals surface area contributed by atoms with E-state index in [1.165, 1.54) is 13.3 Å². The monoisotopic (exact) mass is 604 g/mol. The van der Waals surface area contributed by atoms with Crippen molar-refractivity contribution in [3.63, 3.8) is 0 Å². The minimum Gasteiger partial charge on any atom is -0.493 e. The van der Waals surface area contributed by atoms with Crippen LogP contribution in [0.4, 0.5) is 4.79 Å². The highest BCUT2D eigenvalue weighted by Gasteiger charge is 2.32. The molecule has 13 nitrogen and oxygen atoms in total. The molecule has 0 spiro atoms. The maximum Gasteiger partial charge on any atom is 0.338 e. The highest BCUT2D eigenvalue weighted by atomic mass is 16.5. The van der Waals surface area contributed by atoms with Crippen LogP contribution < -0.4 is 25.5 Å². The number of hydrazone groups is 1. The number of hydrogen-bond donors (Lipinski definition) is 3. The predicted molar refractivity (Wildman–Crippen MR) is 158 cm³/mol. The van der Waals surface area contributed by atoms with Gasteiger partial charge in [-0.15, -0.1) is 0 Å². The molecule has 13 heteroatoms. The minimum atomic E-state index is -0.785. The summed E-state index contributed by atoms with van der Waals surface area (Å²) in [5, 5.41) is 9.21. The number of urea groups is 1. The first-order valence-corrected chi connectivity index (χ1v) is 13.7. The molecular formula is C31H32N4O9. The number of methoxy groups -OCH3 is 1. The van der Waals surface area contributed by atoms with E-state index in [4.69, 9.17) is 23.4 Å². The first-order chi connectivity index (χ1) is 21.2. The number of hydrogen-bond acceptors (Lipinski definition) is 10. The standard InChI is InChI=1S/C31H32N4O9/c1-5-41-29(37)21-9-7-8-19(14-21)23-13-11-22(44-23)16-32-35-26(36)17-43-24-12-10-20(15-25(24)40-4)28-27(30(38)42-6-2)18(3)33-31(39)34-28/h7-16,28H,5-6,17H2,1-4H3,(H,35,36)(H2,33,34,39)/b32-16-/t28-/m1/s1. The van der Waals surface area contributed by atoms with Crippen molar-refractivity contribution >= 4 is 30.1 Å². The number of nitrogens with one attached hydrogen (secondary N) is 3. The second kappa shape index (κ2) is 14.5. The maximum atomic E-state index is 12.6. The minimum absolute atomic E-state index is 0.175. The zero-order valence-corrected chi connectivity index (χ0v) is 24.6. The van der Waals surface area contributed by atoms with E-state index >= 15 is 0 Å². The lowest BCUT2D eigenvalue weighted by Gasteiger charge is -2.28. The van der Waals surface area contributed by atoms with Crippen molar-refractivity contribution in [2.45, 2.75) is 26.8 Å². The van der Waals surface area contributed by atoms with Crippen molar-refractivity contribution < 1.29 is 42.5 Å². The molecule has 3 amide bonds. The third kappa shape index (κ3) is 7.62. The second-order valence-corrected chi connectivity index (χ2v) is 9.29. The Balaban J connectivity index is 1.36. The van der Waals surface area contributed by atoms with Crippen molar-refractivity contribution in [1.82, 2.24) is 16.1 Å². The van der Waals surface area contributed by atoms with Gasteiger partial charge in [0, 0.05) is 11.3 Å². The Morgan fingerprint density at radius 2 is 1.77 bits per heavy atom. The van der Waals surface area contributed by atoms with E-state index in [0.29, 0.717) is 33.9 Å². The Morgan fingerprint density at radius 1 is 1.00 bits per heavy atom. The topological polar surface area (TPSA) is 167 Å². The van der Waals surface area contributed by atoms with Gasteiger partial charge in [-0.25, -0.2) is 19.8 Å². The van der Waals surface area contributed by atoms with Gasteiger partial charge in [-0.3, -0.25) is 4.79 Å². The summed E-state index contributed by atoms with van der Waals surface area (Å²) in [4.78, 5) is 49.1. The van der Waals surface area contributed by atoms with E-state index in [2.05, 4.69) is 21.2 Å². The number of carbonyl (C=O) groups is 4. The maximum absolute atomic E-state index is 12.6. The van der Waals surface area contributed by atoms with Gasteiger partial charge in [0.2, 0.25) is 0 Å². The van der Waals surface area contributed by atoms with Gasteiger partial charge in [-0.05, 0) is 62.7 Å². The summed E-state index contributed by atoms with van der Waals surface area (Å²) in [6.07, 6.45) is 1.33. The molecule has 1 aliphatic heterocycles. The van der Waals surface area contributed by atoms with Gasteiger partial charge in [0.05, 0.1) is 43.7 Å². The van der Waals surface area contributed by atoms with Gasteiger partial charge < -0.3 is 34.0 Å². The fourth-order valence-corrected chi connectivity index (χ4v) is 4.34. The molecular weight excluding hydrogens is 572 g/mol. The Bertz CT molecular complexity index is 1610. The largest absolute Gasteiger partial charge is 0.493 e. The molecule has 44 heavy (non-hydrogen) atoms. The van der Waals surface area contributed by atoms with Crippen LogP contribution in [-0.4, -0.2) is 57.0 Å². The molecule has 1 aliphatic rings. The zero-order valence-electron chi connectivity index (χ0n) is 24.6. The Hall–Kier alpha value is -5.59. The molecule has 1 atom stereocenters. The van der Waals surface area contributed by atoms with Crippen molar-refractivity contribution in [3.8, 4) is 22.8 Å². The normalized spacial score (nSPS) is 14.5. The number of esters is 2. The molecule has 1 aromatic heterocycles. The van der Waals surface area contributed by atoms with Crippen LogP contribution in [0.15, 0.2) is 75.4 Å². The summed E-state index contributed by atoms with van der Waals surface area (Å²) in [5.41, 5.74) is 4.63. The fourth-order valence-electron chi connectivity index (χ4n) is 4.34. The van der Waals surface area contributed by atoms with Crippen LogP contribution in [0.1, 0.15) is 48.5 Å². The Labute approximate surface area is 253 Å². The summed E-state index contributed by atoms with van der Waals surface area (Å²) >= 11 is 0. The molecule has 0 bridgehead atoms.